The zero-order chi connectivity index (χ0) is 13.8. The van der Waals surface area contributed by atoms with Crippen LogP contribution in [0.4, 0.5) is 0 Å². The summed E-state index contributed by atoms with van der Waals surface area (Å²) in [6.45, 7) is 13.5. The maximum absolute atomic E-state index is 2.84. The van der Waals surface area contributed by atoms with Gasteiger partial charge in [-0.25, -0.2) is 0 Å². The second-order valence-corrected chi connectivity index (χ2v) is 8.03. The molecule has 0 bridgehead atoms. The molecular weight excluding hydrogens is 252 g/mol. The number of piperazine rings is 1. The summed E-state index contributed by atoms with van der Waals surface area (Å²) in [4.78, 5) is 5.60. The first-order chi connectivity index (χ1) is 9.13. The van der Waals surface area contributed by atoms with Crippen LogP contribution < -0.4 is 0 Å². The topological polar surface area (TPSA) is 6.48 Å². The summed E-state index contributed by atoms with van der Waals surface area (Å²) in [6, 6.07) is 2.39. The third-order valence-electron chi connectivity index (χ3n) is 4.99. The lowest BCUT2D eigenvalue weighted by molar-refractivity contribution is 0.00416. The summed E-state index contributed by atoms with van der Waals surface area (Å²) in [5, 5.41) is 0. The van der Waals surface area contributed by atoms with Gasteiger partial charge in [-0.3, -0.25) is 9.80 Å². The van der Waals surface area contributed by atoms with Crippen molar-refractivity contribution >= 4 is 11.8 Å². The van der Waals surface area contributed by atoms with Crippen LogP contribution in [0, 0.1) is 5.92 Å². The van der Waals surface area contributed by atoms with E-state index in [4.69, 9.17) is 0 Å². The second kappa shape index (κ2) is 7.33. The molecular formula is C16H32N2S. The molecule has 0 aliphatic carbocycles. The third-order valence-corrected chi connectivity index (χ3v) is 5.92. The molecule has 112 valence electrons. The molecule has 2 aliphatic rings. The number of thioether (sulfide) groups is 1. The van der Waals surface area contributed by atoms with E-state index in [0.29, 0.717) is 0 Å². The molecule has 3 atom stereocenters. The van der Waals surface area contributed by atoms with Crippen LogP contribution in [-0.2, 0) is 0 Å². The molecule has 0 aromatic rings. The lowest BCUT2D eigenvalue weighted by Gasteiger charge is -2.48. The molecule has 2 fully saturated rings. The van der Waals surface area contributed by atoms with E-state index in [9.17, 15) is 0 Å². The minimum Gasteiger partial charge on any atom is -0.298 e. The molecule has 0 spiro atoms. The molecule has 0 saturated carbocycles. The Balaban J connectivity index is 1.94. The van der Waals surface area contributed by atoms with E-state index in [-0.39, 0.29) is 0 Å². The van der Waals surface area contributed by atoms with Gasteiger partial charge in [-0.2, -0.15) is 11.8 Å². The fraction of sp³-hybridized carbons (Fsp3) is 1.00. The molecule has 2 nitrogen and oxygen atoms in total. The van der Waals surface area contributed by atoms with Gasteiger partial charge < -0.3 is 0 Å². The quantitative estimate of drug-likeness (QED) is 0.691. The first kappa shape index (κ1) is 15.7. The largest absolute Gasteiger partial charge is 0.298 e. The molecule has 0 amide bonds. The Labute approximate surface area is 124 Å². The van der Waals surface area contributed by atoms with Gasteiger partial charge >= 0.3 is 0 Å². The number of hydrogen-bond donors (Lipinski definition) is 0. The third kappa shape index (κ3) is 3.89. The van der Waals surface area contributed by atoms with Crippen molar-refractivity contribution < 1.29 is 0 Å². The Morgan fingerprint density at radius 2 is 2.00 bits per heavy atom. The van der Waals surface area contributed by atoms with Crippen molar-refractivity contribution in [1.82, 2.24) is 9.80 Å². The highest BCUT2D eigenvalue weighted by atomic mass is 32.2. The zero-order valence-electron chi connectivity index (χ0n) is 13.3. The van der Waals surface area contributed by atoms with Crippen LogP contribution >= 0.6 is 11.8 Å². The van der Waals surface area contributed by atoms with Crippen molar-refractivity contribution in [3.8, 4) is 0 Å². The molecule has 0 N–H and O–H groups in total. The Morgan fingerprint density at radius 1 is 1.21 bits per heavy atom. The van der Waals surface area contributed by atoms with Crippen LogP contribution in [0.2, 0.25) is 0 Å². The van der Waals surface area contributed by atoms with Crippen LogP contribution in [0.5, 0.6) is 0 Å². The molecule has 2 aliphatic heterocycles. The Bertz CT molecular complexity index is 269. The van der Waals surface area contributed by atoms with Crippen molar-refractivity contribution in [3.63, 3.8) is 0 Å². The highest BCUT2D eigenvalue weighted by Gasteiger charge is 2.38. The van der Waals surface area contributed by atoms with Crippen molar-refractivity contribution in [2.24, 2.45) is 5.92 Å². The SMILES string of the molecule is CCSCCC(C)N1CC2CCCN2CC1C(C)C. The summed E-state index contributed by atoms with van der Waals surface area (Å²) >= 11 is 2.09. The van der Waals surface area contributed by atoms with Gasteiger partial charge in [0.15, 0.2) is 0 Å². The summed E-state index contributed by atoms with van der Waals surface area (Å²) in [5.74, 6) is 3.37. The van der Waals surface area contributed by atoms with E-state index in [1.165, 1.54) is 50.4 Å². The molecule has 3 unspecified atom stereocenters. The van der Waals surface area contributed by atoms with Crippen LogP contribution in [0.3, 0.4) is 0 Å². The summed E-state index contributed by atoms with van der Waals surface area (Å²) in [6.07, 6.45) is 4.20. The van der Waals surface area contributed by atoms with Gasteiger partial charge in [-0.1, -0.05) is 20.8 Å². The normalized spacial score (nSPS) is 30.8. The maximum atomic E-state index is 2.84. The monoisotopic (exact) mass is 284 g/mol. The van der Waals surface area contributed by atoms with Gasteiger partial charge in [-0.05, 0) is 50.2 Å². The van der Waals surface area contributed by atoms with Gasteiger partial charge in [0.25, 0.3) is 0 Å². The second-order valence-electron chi connectivity index (χ2n) is 6.63. The summed E-state index contributed by atoms with van der Waals surface area (Å²) in [5.41, 5.74) is 0. The van der Waals surface area contributed by atoms with E-state index >= 15 is 0 Å². The molecule has 2 rings (SSSR count). The van der Waals surface area contributed by atoms with Crippen molar-refractivity contribution in [1.29, 1.82) is 0 Å². The van der Waals surface area contributed by atoms with Crippen LogP contribution in [0.15, 0.2) is 0 Å². The van der Waals surface area contributed by atoms with Crippen molar-refractivity contribution in [3.05, 3.63) is 0 Å². The fourth-order valence-corrected chi connectivity index (χ4v) is 4.53. The number of rotatable bonds is 6. The molecule has 0 aromatic heterocycles. The van der Waals surface area contributed by atoms with Gasteiger partial charge in [0.2, 0.25) is 0 Å². The first-order valence-corrected chi connectivity index (χ1v) is 9.36. The van der Waals surface area contributed by atoms with Gasteiger partial charge in [0.05, 0.1) is 0 Å². The number of fused-ring (bicyclic) bond motifs is 1. The van der Waals surface area contributed by atoms with Crippen molar-refractivity contribution in [2.45, 2.75) is 65.1 Å². The van der Waals surface area contributed by atoms with E-state index in [1.807, 2.05) is 0 Å². The Morgan fingerprint density at radius 3 is 2.68 bits per heavy atom. The highest BCUT2D eigenvalue weighted by molar-refractivity contribution is 7.99. The van der Waals surface area contributed by atoms with Gasteiger partial charge in [-0.15, -0.1) is 0 Å². The van der Waals surface area contributed by atoms with E-state index in [2.05, 4.69) is 49.3 Å². The van der Waals surface area contributed by atoms with Crippen molar-refractivity contribution in [2.75, 3.05) is 31.1 Å². The average Bonchev–Trinajstić information content (AvgIpc) is 2.84. The fourth-order valence-electron chi connectivity index (χ4n) is 3.73. The molecule has 2 saturated heterocycles. The summed E-state index contributed by atoms with van der Waals surface area (Å²) in [7, 11) is 0. The van der Waals surface area contributed by atoms with Crippen LogP contribution in [0.1, 0.15) is 47.0 Å². The molecule has 19 heavy (non-hydrogen) atoms. The summed E-state index contributed by atoms with van der Waals surface area (Å²) < 4.78 is 0. The molecule has 2 heterocycles. The van der Waals surface area contributed by atoms with E-state index in [1.54, 1.807) is 0 Å². The molecule has 0 aromatic carbocycles. The van der Waals surface area contributed by atoms with Crippen LogP contribution in [0.25, 0.3) is 0 Å². The number of nitrogens with zero attached hydrogens (tertiary/aromatic N) is 2. The predicted octanol–water partition coefficient (Wildman–Crippen LogP) is 3.32. The zero-order valence-corrected chi connectivity index (χ0v) is 14.1. The first-order valence-electron chi connectivity index (χ1n) is 8.21. The van der Waals surface area contributed by atoms with E-state index < -0.39 is 0 Å². The standard InChI is InChI=1S/C16H32N2S/c1-5-19-10-8-14(4)18-11-15-7-6-9-17(15)12-16(18)13(2)3/h13-16H,5-12H2,1-4H3. The lowest BCUT2D eigenvalue weighted by atomic mass is 9.95. The van der Waals surface area contributed by atoms with Crippen LogP contribution in [-0.4, -0.2) is 59.1 Å². The number of hydrogen-bond acceptors (Lipinski definition) is 3. The Kier molecular flexibility index (Phi) is 6.04. The van der Waals surface area contributed by atoms with Gasteiger partial charge in [0.1, 0.15) is 0 Å². The lowest BCUT2D eigenvalue weighted by Crippen LogP contribution is -2.60. The minimum absolute atomic E-state index is 0.759. The Hall–Kier alpha value is 0.270. The molecule has 0 radical (unpaired) electrons. The predicted molar refractivity (Wildman–Crippen MR) is 87.0 cm³/mol. The average molecular weight is 285 g/mol. The highest BCUT2D eigenvalue weighted by Crippen LogP contribution is 2.29. The maximum Gasteiger partial charge on any atom is 0.0249 e. The van der Waals surface area contributed by atoms with E-state index in [0.717, 1.165) is 24.0 Å². The minimum atomic E-state index is 0.759. The smallest absolute Gasteiger partial charge is 0.0249 e. The molecule has 3 heteroatoms. The van der Waals surface area contributed by atoms with Gasteiger partial charge in [0, 0.05) is 31.2 Å².